The van der Waals surface area contributed by atoms with Gasteiger partial charge >= 0.3 is 0 Å². The summed E-state index contributed by atoms with van der Waals surface area (Å²) >= 11 is 0. The molecular weight excluding hydrogens is 426 g/mol. The lowest BCUT2D eigenvalue weighted by molar-refractivity contribution is 0.0599. The molecule has 9 nitrogen and oxygen atoms in total. The Bertz CT molecular complexity index is 1130. The maximum absolute atomic E-state index is 13.7. The third-order valence-corrected chi connectivity index (χ3v) is 6.38. The number of carbonyl (C=O) groups is 2. The molecule has 0 spiro atoms. The van der Waals surface area contributed by atoms with Crippen molar-refractivity contribution < 1.29 is 28.5 Å². The average Bonchev–Trinajstić information content (AvgIpc) is 3.38. The Kier molecular flexibility index (Phi) is 5.36. The van der Waals surface area contributed by atoms with E-state index in [-0.39, 0.29) is 18.5 Å². The van der Waals surface area contributed by atoms with E-state index in [0.717, 1.165) is 13.0 Å². The van der Waals surface area contributed by atoms with Gasteiger partial charge in [0, 0.05) is 23.7 Å². The monoisotopic (exact) mass is 453 g/mol. The van der Waals surface area contributed by atoms with Crippen molar-refractivity contribution in [1.29, 1.82) is 0 Å². The normalized spacial score (nSPS) is 20.1. The van der Waals surface area contributed by atoms with Gasteiger partial charge in [-0.3, -0.25) is 9.59 Å². The summed E-state index contributed by atoms with van der Waals surface area (Å²) in [6, 6.07) is 4.93. The molecule has 0 bridgehead atoms. The van der Waals surface area contributed by atoms with Crippen molar-refractivity contribution in [1.82, 2.24) is 15.2 Å². The van der Waals surface area contributed by atoms with Crippen molar-refractivity contribution in [2.45, 2.75) is 38.3 Å². The number of pyridine rings is 1. The number of hydrogen-bond acceptors (Lipinski definition) is 8. The SMILES string of the molecule is COc1cc2c(cc1OC)C1C(=O)c3cc4c(nc3C1N(CCCNC(C)C)C2=O)OCO4. The summed E-state index contributed by atoms with van der Waals surface area (Å²) < 4.78 is 21.8. The van der Waals surface area contributed by atoms with Crippen LogP contribution in [0.5, 0.6) is 23.1 Å². The number of hydrogen-bond donors (Lipinski definition) is 1. The van der Waals surface area contributed by atoms with Crippen molar-refractivity contribution in [2.24, 2.45) is 0 Å². The van der Waals surface area contributed by atoms with Gasteiger partial charge in [0.15, 0.2) is 23.0 Å². The highest BCUT2D eigenvalue weighted by Crippen LogP contribution is 2.53. The third kappa shape index (κ3) is 3.38. The number of benzene rings is 1. The van der Waals surface area contributed by atoms with E-state index < -0.39 is 12.0 Å². The zero-order valence-electron chi connectivity index (χ0n) is 19.1. The van der Waals surface area contributed by atoms with Crippen LogP contribution in [0.15, 0.2) is 18.2 Å². The molecule has 9 heteroatoms. The van der Waals surface area contributed by atoms with Gasteiger partial charge < -0.3 is 29.2 Å². The lowest BCUT2D eigenvalue weighted by atomic mass is 9.83. The number of ketones is 1. The highest BCUT2D eigenvalue weighted by molar-refractivity contribution is 6.11. The highest BCUT2D eigenvalue weighted by atomic mass is 16.7. The van der Waals surface area contributed by atoms with Crippen molar-refractivity contribution in [2.75, 3.05) is 34.1 Å². The minimum Gasteiger partial charge on any atom is -0.493 e. The Labute approximate surface area is 192 Å². The van der Waals surface area contributed by atoms with Crippen LogP contribution in [-0.2, 0) is 0 Å². The van der Waals surface area contributed by atoms with Crippen LogP contribution >= 0.6 is 0 Å². The van der Waals surface area contributed by atoms with Crippen molar-refractivity contribution in [3.8, 4) is 23.1 Å². The van der Waals surface area contributed by atoms with Crippen LogP contribution in [0.2, 0.25) is 0 Å². The van der Waals surface area contributed by atoms with Crippen molar-refractivity contribution in [3.05, 3.63) is 40.6 Å². The second kappa shape index (κ2) is 8.22. The summed E-state index contributed by atoms with van der Waals surface area (Å²) in [5, 5.41) is 3.38. The summed E-state index contributed by atoms with van der Waals surface area (Å²) in [6.45, 7) is 5.47. The molecule has 2 atom stereocenters. The first-order valence-electron chi connectivity index (χ1n) is 11.1. The molecule has 0 radical (unpaired) electrons. The van der Waals surface area contributed by atoms with Gasteiger partial charge in [-0.25, -0.2) is 4.98 Å². The maximum atomic E-state index is 13.7. The van der Waals surface area contributed by atoms with Gasteiger partial charge in [0.05, 0.1) is 31.9 Å². The zero-order chi connectivity index (χ0) is 23.3. The number of amides is 1. The summed E-state index contributed by atoms with van der Waals surface area (Å²) in [4.78, 5) is 33.8. The molecule has 1 N–H and O–H groups in total. The Morgan fingerprint density at radius 1 is 1.12 bits per heavy atom. The molecule has 2 aromatic rings. The third-order valence-electron chi connectivity index (χ3n) is 6.38. The summed E-state index contributed by atoms with van der Waals surface area (Å²) in [6.07, 6.45) is 0.740. The molecule has 2 aliphatic heterocycles. The lowest BCUT2D eigenvalue weighted by Gasteiger charge is -2.38. The van der Waals surface area contributed by atoms with Crippen LogP contribution in [0.1, 0.15) is 64.2 Å². The Balaban J connectivity index is 1.61. The van der Waals surface area contributed by atoms with E-state index in [1.165, 1.54) is 14.2 Å². The topological polar surface area (TPSA) is 99.2 Å². The second-order valence-corrected chi connectivity index (χ2v) is 8.67. The van der Waals surface area contributed by atoms with Gasteiger partial charge in [-0.15, -0.1) is 0 Å². The molecule has 0 fully saturated rings. The molecule has 1 amide bonds. The summed E-state index contributed by atoms with van der Waals surface area (Å²) in [5.41, 5.74) is 2.10. The minimum atomic E-state index is -0.583. The van der Waals surface area contributed by atoms with Crippen LogP contribution in [0.25, 0.3) is 0 Å². The van der Waals surface area contributed by atoms with Crippen molar-refractivity contribution >= 4 is 11.7 Å². The number of carbonyl (C=O) groups excluding carboxylic acids is 2. The first-order valence-corrected chi connectivity index (χ1v) is 11.1. The molecule has 3 aliphatic rings. The zero-order valence-corrected chi connectivity index (χ0v) is 19.1. The summed E-state index contributed by atoms with van der Waals surface area (Å²) in [5.74, 6) is 0.903. The molecule has 174 valence electrons. The van der Waals surface area contributed by atoms with Gasteiger partial charge in [0.1, 0.15) is 0 Å². The molecule has 3 heterocycles. The second-order valence-electron chi connectivity index (χ2n) is 8.67. The number of aromatic nitrogens is 1. The fraction of sp³-hybridized carbons (Fsp3) is 0.458. The highest BCUT2D eigenvalue weighted by Gasteiger charge is 2.52. The predicted molar refractivity (Wildman–Crippen MR) is 119 cm³/mol. The first-order chi connectivity index (χ1) is 15.9. The van der Waals surface area contributed by atoms with E-state index >= 15 is 0 Å². The largest absolute Gasteiger partial charge is 0.493 e. The van der Waals surface area contributed by atoms with Crippen LogP contribution < -0.4 is 24.3 Å². The molecule has 1 aromatic heterocycles. The van der Waals surface area contributed by atoms with Gasteiger partial charge in [-0.05, 0) is 36.7 Å². The molecule has 1 aliphatic carbocycles. The van der Waals surface area contributed by atoms with E-state index in [0.29, 0.717) is 58.1 Å². The lowest BCUT2D eigenvalue weighted by Crippen LogP contribution is -2.43. The number of rotatable bonds is 7. The number of nitrogens with one attached hydrogen (secondary N) is 1. The number of Topliss-reactive ketones (excluding diaryl/α,β-unsaturated/α-hetero) is 1. The Morgan fingerprint density at radius 3 is 2.61 bits per heavy atom. The van der Waals surface area contributed by atoms with Gasteiger partial charge in [-0.2, -0.15) is 0 Å². The summed E-state index contributed by atoms with van der Waals surface area (Å²) in [7, 11) is 3.06. The molecule has 0 saturated carbocycles. The number of methoxy groups -OCH3 is 2. The fourth-order valence-electron chi connectivity index (χ4n) is 4.88. The first kappa shape index (κ1) is 21.5. The predicted octanol–water partition coefficient (Wildman–Crippen LogP) is 2.69. The number of ether oxygens (including phenoxy) is 4. The van der Waals surface area contributed by atoms with Crippen molar-refractivity contribution in [3.63, 3.8) is 0 Å². The molecular formula is C24H27N3O6. The van der Waals surface area contributed by atoms with Crippen LogP contribution in [0, 0.1) is 0 Å². The molecule has 0 saturated heterocycles. The van der Waals surface area contributed by atoms with Gasteiger partial charge in [-0.1, -0.05) is 13.8 Å². The quantitative estimate of drug-likeness (QED) is 0.639. The number of fused-ring (bicyclic) bond motifs is 6. The molecule has 1 aromatic carbocycles. The Morgan fingerprint density at radius 2 is 1.88 bits per heavy atom. The van der Waals surface area contributed by atoms with Crippen LogP contribution in [0.4, 0.5) is 0 Å². The molecule has 2 unspecified atom stereocenters. The van der Waals surface area contributed by atoms with Crippen LogP contribution in [-0.4, -0.2) is 61.7 Å². The van der Waals surface area contributed by atoms with Gasteiger partial charge in [0.25, 0.3) is 11.8 Å². The average molecular weight is 453 g/mol. The molecule has 5 rings (SSSR count). The smallest absolute Gasteiger partial charge is 0.260 e. The molecule has 33 heavy (non-hydrogen) atoms. The van der Waals surface area contributed by atoms with E-state index in [9.17, 15) is 9.59 Å². The number of nitrogens with zero attached hydrogens (tertiary/aromatic N) is 2. The minimum absolute atomic E-state index is 0.0663. The van der Waals surface area contributed by atoms with E-state index in [2.05, 4.69) is 24.1 Å². The van der Waals surface area contributed by atoms with E-state index in [1.54, 1.807) is 23.1 Å². The van der Waals surface area contributed by atoms with Crippen LogP contribution in [0.3, 0.4) is 0 Å². The standard InChI is InChI=1S/C24H27N3O6/c1-12(2)25-6-5-7-27-21-19(13-8-16(30-3)17(31-4)9-14(13)24(27)29)22(28)15-10-18-23(26-20(15)21)33-11-32-18/h8-10,12,19,21,25H,5-7,11H2,1-4H3. The Hall–Kier alpha value is -3.33. The maximum Gasteiger partial charge on any atom is 0.260 e. The van der Waals surface area contributed by atoms with E-state index in [4.69, 9.17) is 18.9 Å². The fourth-order valence-corrected chi connectivity index (χ4v) is 4.88. The van der Waals surface area contributed by atoms with Gasteiger partial charge in [0.2, 0.25) is 6.79 Å². The van der Waals surface area contributed by atoms with E-state index in [1.807, 2.05) is 0 Å².